The van der Waals surface area contributed by atoms with Gasteiger partial charge < -0.3 is 15.4 Å². The summed E-state index contributed by atoms with van der Waals surface area (Å²) in [6, 6.07) is 8.67. The van der Waals surface area contributed by atoms with Crippen molar-refractivity contribution in [1.29, 1.82) is 0 Å². The fraction of sp³-hybridized carbons (Fsp3) is 0.167. The molecule has 6 nitrogen and oxygen atoms in total. The molecule has 0 fully saturated rings. The molecule has 1 amide bonds. The van der Waals surface area contributed by atoms with Gasteiger partial charge in [0.25, 0.3) is 0 Å². The number of anilines is 3. The minimum absolute atomic E-state index is 0.0280. The van der Waals surface area contributed by atoms with E-state index in [-0.39, 0.29) is 18.1 Å². The SMILES string of the molecule is Cc1ccnc(Nc2nc(CC(=O)Nc3ccc(OC(F)(F)F)cc3)cs2)c1. The number of hydrogen-bond donors (Lipinski definition) is 2. The maximum atomic E-state index is 12.1. The summed E-state index contributed by atoms with van der Waals surface area (Å²) in [5.74, 6) is -0.0352. The lowest BCUT2D eigenvalue weighted by atomic mass is 10.2. The van der Waals surface area contributed by atoms with Crippen LogP contribution >= 0.6 is 11.3 Å². The van der Waals surface area contributed by atoms with Crippen molar-refractivity contribution in [2.45, 2.75) is 19.7 Å². The van der Waals surface area contributed by atoms with Crippen LogP contribution in [0, 0.1) is 6.92 Å². The Labute approximate surface area is 162 Å². The summed E-state index contributed by atoms with van der Waals surface area (Å²) in [6.45, 7) is 1.95. The zero-order valence-corrected chi connectivity index (χ0v) is 15.4. The van der Waals surface area contributed by atoms with Crippen molar-refractivity contribution < 1.29 is 22.7 Å². The Balaban J connectivity index is 1.54. The van der Waals surface area contributed by atoms with E-state index in [1.807, 2.05) is 19.1 Å². The standard InChI is InChI=1S/C18H15F3N4O2S/c1-11-6-7-22-15(8-11)25-17-24-13(10-28-17)9-16(26)23-12-2-4-14(5-3-12)27-18(19,20)21/h2-8,10H,9H2,1H3,(H,23,26)(H,22,24,25). The van der Waals surface area contributed by atoms with Crippen LogP contribution in [-0.2, 0) is 11.2 Å². The van der Waals surface area contributed by atoms with Gasteiger partial charge in [-0.1, -0.05) is 0 Å². The first-order chi connectivity index (χ1) is 13.3. The number of aromatic nitrogens is 2. The number of aryl methyl sites for hydroxylation is 1. The summed E-state index contributed by atoms with van der Waals surface area (Å²) in [4.78, 5) is 20.6. The van der Waals surface area contributed by atoms with E-state index in [2.05, 4.69) is 25.3 Å². The second-order valence-corrected chi connectivity index (χ2v) is 6.64. The van der Waals surface area contributed by atoms with Crippen LogP contribution in [0.25, 0.3) is 0 Å². The number of halogens is 3. The number of rotatable bonds is 6. The van der Waals surface area contributed by atoms with Gasteiger partial charge in [0.15, 0.2) is 5.13 Å². The maximum absolute atomic E-state index is 12.1. The molecule has 0 spiro atoms. The number of hydrogen-bond acceptors (Lipinski definition) is 6. The molecule has 3 rings (SSSR count). The molecular formula is C18H15F3N4O2S. The lowest BCUT2D eigenvalue weighted by molar-refractivity contribution is -0.274. The summed E-state index contributed by atoms with van der Waals surface area (Å²) in [6.07, 6.45) is -3.04. The predicted molar refractivity (Wildman–Crippen MR) is 99.8 cm³/mol. The van der Waals surface area contributed by atoms with E-state index in [0.717, 1.165) is 17.7 Å². The van der Waals surface area contributed by atoms with Crippen LogP contribution < -0.4 is 15.4 Å². The van der Waals surface area contributed by atoms with Gasteiger partial charge in [-0.05, 0) is 48.9 Å². The van der Waals surface area contributed by atoms with Gasteiger partial charge in [-0.3, -0.25) is 4.79 Å². The summed E-state index contributed by atoms with van der Waals surface area (Å²) in [5, 5.41) is 8.03. The highest BCUT2D eigenvalue weighted by Gasteiger charge is 2.30. The highest BCUT2D eigenvalue weighted by atomic mass is 32.1. The smallest absolute Gasteiger partial charge is 0.406 e. The van der Waals surface area contributed by atoms with Gasteiger partial charge in [-0.25, -0.2) is 9.97 Å². The number of thiazole rings is 1. The molecule has 3 aromatic rings. The van der Waals surface area contributed by atoms with Gasteiger partial charge in [0.05, 0.1) is 12.1 Å². The van der Waals surface area contributed by atoms with Crippen LogP contribution in [0.5, 0.6) is 5.75 Å². The first-order valence-electron chi connectivity index (χ1n) is 8.06. The molecule has 0 saturated carbocycles. The van der Waals surface area contributed by atoms with E-state index in [4.69, 9.17) is 0 Å². The highest BCUT2D eigenvalue weighted by Crippen LogP contribution is 2.24. The molecule has 0 bridgehead atoms. The van der Waals surface area contributed by atoms with Crippen molar-refractivity contribution in [3.05, 3.63) is 59.2 Å². The van der Waals surface area contributed by atoms with Gasteiger partial charge in [-0.2, -0.15) is 0 Å². The number of amides is 1. The Morgan fingerprint density at radius 2 is 1.96 bits per heavy atom. The fourth-order valence-corrected chi connectivity index (χ4v) is 2.99. The summed E-state index contributed by atoms with van der Waals surface area (Å²) >= 11 is 1.34. The zero-order chi connectivity index (χ0) is 20.1. The monoisotopic (exact) mass is 408 g/mol. The number of carbonyl (C=O) groups excluding carboxylic acids is 1. The molecule has 1 aromatic carbocycles. The summed E-state index contributed by atoms with van der Waals surface area (Å²) in [5.41, 5.74) is 1.98. The Hall–Kier alpha value is -3.14. The van der Waals surface area contributed by atoms with E-state index < -0.39 is 6.36 Å². The van der Waals surface area contributed by atoms with Crippen molar-refractivity contribution in [3.8, 4) is 5.75 Å². The van der Waals surface area contributed by atoms with E-state index in [9.17, 15) is 18.0 Å². The molecule has 2 aromatic heterocycles. The van der Waals surface area contributed by atoms with Crippen LogP contribution in [0.3, 0.4) is 0 Å². The van der Waals surface area contributed by atoms with Crippen LogP contribution in [-0.4, -0.2) is 22.2 Å². The van der Waals surface area contributed by atoms with Crippen molar-refractivity contribution in [3.63, 3.8) is 0 Å². The van der Waals surface area contributed by atoms with Crippen molar-refractivity contribution in [1.82, 2.24) is 9.97 Å². The summed E-state index contributed by atoms with van der Waals surface area (Å²) in [7, 11) is 0. The maximum Gasteiger partial charge on any atom is 0.573 e. The number of nitrogens with one attached hydrogen (secondary N) is 2. The third-order valence-electron chi connectivity index (χ3n) is 3.42. The second-order valence-electron chi connectivity index (χ2n) is 5.78. The highest BCUT2D eigenvalue weighted by molar-refractivity contribution is 7.13. The lowest BCUT2D eigenvalue weighted by Crippen LogP contribution is -2.17. The molecule has 0 aliphatic heterocycles. The van der Waals surface area contributed by atoms with Crippen LogP contribution in [0.4, 0.5) is 29.8 Å². The Morgan fingerprint density at radius 3 is 2.64 bits per heavy atom. The average molecular weight is 408 g/mol. The quantitative estimate of drug-likeness (QED) is 0.620. The van der Waals surface area contributed by atoms with Gasteiger partial charge in [0.1, 0.15) is 11.6 Å². The lowest BCUT2D eigenvalue weighted by Gasteiger charge is -2.09. The second kappa shape index (κ2) is 8.26. The molecular weight excluding hydrogens is 393 g/mol. The molecule has 0 radical (unpaired) electrons. The molecule has 0 saturated heterocycles. The largest absolute Gasteiger partial charge is 0.573 e. The number of pyridine rings is 1. The van der Waals surface area contributed by atoms with Gasteiger partial charge in [0.2, 0.25) is 5.91 Å². The molecule has 0 aliphatic rings. The Kier molecular flexibility index (Phi) is 5.78. The number of nitrogens with zero attached hydrogens (tertiary/aromatic N) is 2. The molecule has 28 heavy (non-hydrogen) atoms. The molecule has 146 valence electrons. The van der Waals surface area contributed by atoms with Crippen molar-refractivity contribution in [2.24, 2.45) is 0 Å². The van der Waals surface area contributed by atoms with E-state index in [1.165, 1.54) is 23.5 Å². The predicted octanol–water partition coefficient (Wildman–Crippen LogP) is 4.67. The number of carbonyl (C=O) groups is 1. The number of alkyl halides is 3. The molecule has 0 atom stereocenters. The van der Waals surface area contributed by atoms with Crippen LogP contribution in [0.2, 0.25) is 0 Å². The van der Waals surface area contributed by atoms with Crippen LogP contribution in [0.1, 0.15) is 11.3 Å². The minimum atomic E-state index is -4.75. The zero-order valence-electron chi connectivity index (χ0n) is 14.6. The fourth-order valence-electron chi connectivity index (χ4n) is 2.27. The van der Waals surface area contributed by atoms with E-state index in [1.54, 1.807) is 11.6 Å². The van der Waals surface area contributed by atoms with Gasteiger partial charge in [-0.15, -0.1) is 24.5 Å². The number of benzene rings is 1. The molecule has 2 N–H and O–H groups in total. The van der Waals surface area contributed by atoms with E-state index >= 15 is 0 Å². The summed E-state index contributed by atoms with van der Waals surface area (Å²) < 4.78 is 40.2. The normalized spacial score (nSPS) is 11.1. The molecule has 0 aliphatic carbocycles. The van der Waals surface area contributed by atoms with Crippen molar-refractivity contribution in [2.75, 3.05) is 10.6 Å². The van der Waals surface area contributed by atoms with Crippen molar-refractivity contribution >= 4 is 33.9 Å². The first-order valence-corrected chi connectivity index (χ1v) is 8.94. The van der Waals surface area contributed by atoms with Gasteiger partial charge in [0, 0.05) is 17.3 Å². The average Bonchev–Trinajstić information content (AvgIpc) is 3.02. The Morgan fingerprint density at radius 1 is 1.21 bits per heavy atom. The minimum Gasteiger partial charge on any atom is -0.406 e. The number of ether oxygens (including phenoxy) is 1. The van der Waals surface area contributed by atoms with Gasteiger partial charge >= 0.3 is 6.36 Å². The molecule has 0 unspecified atom stereocenters. The Bertz CT molecular complexity index is 958. The third kappa shape index (κ3) is 5.95. The first kappa shape index (κ1) is 19.6. The molecule has 10 heteroatoms. The topological polar surface area (TPSA) is 76.1 Å². The third-order valence-corrected chi connectivity index (χ3v) is 4.22. The molecule has 2 heterocycles. The van der Waals surface area contributed by atoms with Crippen LogP contribution in [0.15, 0.2) is 48.0 Å². The van der Waals surface area contributed by atoms with E-state index in [0.29, 0.717) is 22.3 Å².